The maximum atomic E-state index is 14.0. The van der Waals surface area contributed by atoms with Crippen LogP contribution < -0.4 is 43.6 Å². The van der Waals surface area contributed by atoms with E-state index in [1.807, 2.05) is 0 Å². The van der Waals surface area contributed by atoms with Crippen LogP contribution in [0.2, 0.25) is 0 Å². The van der Waals surface area contributed by atoms with E-state index in [0.717, 1.165) is 10.8 Å². The summed E-state index contributed by atoms with van der Waals surface area (Å²) in [6, 6.07) is 3.10. The molecule has 7 rings (SSSR count). The molecule has 0 spiro atoms. The number of ketones is 2. The molecule has 1 aliphatic carbocycles. The van der Waals surface area contributed by atoms with Crippen LogP contribution in [0.25, 0.3) is 11.2 Å². The molecule has 0 saturated carbocycles. The van der Waals surface area contributed by atoms with E-state index in [1.54, 1.807) is 24.0 Å². The predicted octanol–water partition coefficient (Wildman–Crippen LogP) is -1.19. The Labute approximate surface area is 375 Å². The number of aromatic amines is 1. The van der Waals surface area contributed by atoms with Crippen molar-refractivity contribution in [3.05, 3.63) is 74.6 Å². The number of aliphatic carboxylic acids is 2. The number of methoxy groups -OCH3 is 1. The minimum Gasteiger partial charge on any atom is -0.480 e. The lowest BCUT2D eigenvalue weighted by atomic mass is 9.82. The topological polar surface area (TPSA) is 375 Å². The normalized spacial score (nSPS) is 21.6. The second kappa shape index (κ2) is 19.1. The van der Waals surface area contributed by atoms with Crippen molar-refractivity contribution in [3.8, 4) is 0 Å². The molecule has 0 bridgehead atoms. The maximum Gasteiger partial charge on any atom is 0.404 e. The molecule has 2 aromatic heterocycles. The van der Waals surface area contributed by atoms with Crippen LogP contribution >= 0.6 is 21.6 Å². The number of hydrogen-bond acceptors (Lipinski definition) is 20. The van der Waals surface area contributed by atoms with Gasteiger partial charge < -0.3 is 62.6 Å². The third-order valence-electron chi connectivity index (χ3n) is 11.2. The number of carboxylic acid groups (broad SMARTS) is 2. The molecule has 5 heterocycles. The van der Waals surface area contributed by atoms with E-state index in [4.69, 9.17) is 20.9 Å². The highest BCUT2D eigenvalue weighted by Gasteiger charge is 2.72. The number of nitrogens with one attached hydrogen (secondary N) is 6. The number of ether oxygens (including phenoxy) is 2. The summed E-state index contributed by atoms with van der Waals surface area (Å²) in [5.41, 5.74) is 11.1. The Morgan fingerprint density at radius 2 is 1.75 bits per heavy atom. The first-order valence-electron chi connectivity index (χ1n) is 20.0. The molecule has 26 heteroatoms. The summed E-state index contributed by atoms with van der Waals surface area (Å²) in [4.78, 5) is 118. The van der Waals surface area contributed by atoms with E-state index in [0.29, 0.717) is 23.7 Å². The maximum absolute atomic E-state index is 14.0. The summed E-state index contributed by atoms with van der Waals surface area (Å²) in [6.07, 6.45) is -0.345. The number of nitrogens with zero attached hydrogens (tertiary/aromatic N) is 4. The van der Waals surface area contributed by atoms with Crippen LogP contribution in [0.3, 0.4) is 0 Å². The van der Waals surface area contributed by atoms with Crippen LogP contribution in [0, 0.1) is 5.92 Å². The van der Waals surface area contributed by atoms with Gasteiger partial charge in [0.05, 0.1) is 41.8 Å². The summed E-state index contributed by atoms with van der Waals surface area (Å²) in [6.45, 7) is 2.07. The lowest BCUT2D eigenvalue weighted by Crippen LogP contribution is -2.55. The number of nitrogens with two attached hydrogens (primary N) is 2. The van der Waals surface area contributed by atoms with Gasteiger partial charge in [-0.1, -0.05) is 21.6 Å². The third kappa shape index (κ3) is 9.55. The summed E-state index contributed by atoms with van der Waals surface area (Å²) >= 11 is 0. The summed E-state index contributed by atoms with van der Waals surface area (Å²) < 4.78 is 11.1. The smallest absolute Gasteiger partial charge is 0.404 e. The number of anilines is 2. The van der Waals surface area contributed by atoms with Crippen LogP contribution in [0.15, 0.2) is 57.8 Å². The molecule has 24 nitrogen and oxygen atoms in total. The van der Waals surface area contributed by atoms with Gasteiger partial charge in [-0.3, -0.25) is 29.0 Å². The molecule has 0 radical (unpaired) electrons. The van der Waals surface area contributed by atoms with E-state index in [2.05, 4.69) is 46.5 Å². The van der Waals surface area contributed by atoms with E-state index in [-0.39, 0.29) is 95.0 Å². The molecule has 2 fully saturated rings. The molecule has 3 aromatic rings. The Kier molecular flexibility index (Phi) is 13.6. The summed E-state index contributed by atoms with van der Waals surface area (Å²) in [5, 5.41) is 33.7. The van der Waals surface area contributed by atoms with Gasteiger partial charge in [0.1, 0.15) is 18.7 Å². The molecule has 6 atom stereocenters. The van der Waals surface area contributed by atoms with Crippen molar-refractivity contribution in [2.24, 2.45) is 11.7 Å². The van der Waals surface area contributed by atoms with Crippen molar-refractivity contribution in [3.63, 3.8) is 0 Å². The van der Waals surface area contributed by atoms with Gasteiger partial charge in [0, 0.05) is 66.6 Å². The molecule has 0 unspecified atom stereocenters. The lowest BCUT2D eigenvalue weighted by molar-refractivity contribution is -0.142. The molecule has 12 N–H and O–H groups in total. The number of hydrogen-bond donors (Lipinski definition) is 10. The van der Waals surface area contributed by atoms with Gasteiger partial charge in [0.15, 0.2) is 16.9 Å². The van der Waals surface area contributed by atoms with Crippen molar-refractivity contribution in [1.82, 2.24) is 46.1 Å². The largest absolute Gasteiger partial charge is 0.480 e. The third-order valence-corrected chi connectivity index (χ3v) is 13.7. The Morgan fingerprint density at radius 3 is 2.45 bits per heavy atom. The number of rotatable bonds is 21. The van der Waals surface area contributed by atoms with Crippen LogP contribution in [0.4, 0.5) is 16.4 Å². The second-order valence-corrected chi connectivity index (χ2v) is 17.9. The second-order valence-electron chi connectivity index (χ2n) is 15.2. The van der Waals surface area contributed by atoms with Gasteiger partial charge in [0.2, 0.25) is 23.4 Å². The van der Waals surface area contributed by atoms with Crippen LogP contribution in [-0.4, -0.2) is 145 Å². The first kappa shape index (κ1) is 46.2. The highest BCUT2D eigenvalue weighted by atomic mass is 33.1. The SMILES string of the molecule is CO[C@@]12[C@H](COC(N)=O)C3=C(C(=O)C(C)=C(NCCSSC[C@@H](NC(=O)CC[C@@H](NC(=O)c4ccc(NCc5cnc6nc(N)[nH]c(=O)c6n5)cc4)C(=O)O)C(=O)O)C3=O)N1C[C@@H]1N[C@@H]12. The number of fused-ring (bicyclic) bond motifs is 5. The zero-order valence-electron chi connectivity index (χ0n) is 34.7. The molecule has 344 valence electrons. The number of amides is 3. The van der Waals surface area contributed by atoms with Crippen molar-refractivity contribution < 1.29 is 53.2 Å². The highest BCUT2D eigenvalue weighted by Crippen LogP contribution is 2.55. The first-order valence-corrected chi connectivity index (χ1v) is 22.5. The molecular formula is C39H44N12O12S2. The number of H-pyrrole nitrogens is 1. The number of piperazine rings is 1. The number of primary amides is 1. The minimum absolute atomic E-state index is 0.0161. The number of aromatic nitrogens is 4. The van der Waals surface area contributed by atoms with Crippen molar-refractivity contribution in [1.29, 1.82) is 0 Å². The van der Waals surface area contributed by atoms with Gasteiger partial charge in [-0.15, -0.1) is 0 Å². The number of nitrogen functional groups attached to an aromatic ring is 1. The van der Waals surface area contributed by atoms with E-state index in [9.17, 15) is 48.6 Å². The fraction of sp³-hybridized carbons (Fsp3) is 0.410. The highest BCUT2D eigenvalue weighted by molar-refractivity contribution is 8.76. The van der Waals surface area contributed by atoms with Gasteiger partial charge in [0.25, 0.3) is 11.5 Å². The van der Waals surface area contributed by atoms with Gasteiger partial charge in [-0.2, -0.15) is 4.98 Å². The molecular weight excluding hydrogens is 893 g/mol. The van der Waals surface area contributed by atoms with Crippen LogP contribution in [0.1, 0.15) is 35.8 Å². The summed E-state index contributed by atoms with van der Waals surface area (Å²) in [5.74, 6) is -5.58. The van der Waals surface area contributed by atoms with E-state index < -0.39 is 71.3 Å². The Balaban J connectivity index is 0.841. The van der Waals surface area contributed by atoms with Crippen molar-refractivity contribution in [2.75, 3.05) is 49.4 Å². The molecule has 2 saturated heterocycles. The fourth-order valence-electron chi connectivity index (χ4n) is 8.10. The average Bonchev–Trinajstić information content (AvgIpc) is 3.88. The number of carbonyl (C=O) groups excluding carboxylic acids is 5. The Hall–Kier alpha value is -6.77. The number of carbonyl (C=O) groups is 7. The monoisotopic (exact) mass is 936 g/mol. The van der Waals surface area contributed by atoms with Crippen LogP contribution in [-0.2, 0) is 40.0 Å². The first-order chi connectivity index (χ1) is 31.0. The average molecular weight is 937 g/mol. The van der Waals surface area contributed by atoms with Gasteiger partial charge in [-0.05, 0) is 37.6 Å². The Morgan fingerprint density at radius 1 is 1.02 bits per heavy atom. The van der Waals surface area contributed by atoms with Gasteiger partial charge >= 0.3 is 18.0 Å². The zero-order chi connectivity index (χ0) is 46.7. The number of Topliss-reactive ketones (excluding diaryl/α,β-unsaturated/α-hetero) is 2. The number of allylic oxidation sites excluding steroid dienone is 2. The lowest BCUT2D eigenvalue weighted by Gasteiger charge is -2.39. The molecule has 3 aliphatic heterocycles. The van der Waals surface area contributed by atoms with E-state index in [1.165, 1.54) is 36.2 Å². The molecule has 3 amide bonds. The predicted molar refractivity (Wildman–Crippen MR) is 233 cm³/mol. The quantitative estimate of drug-likeness (QED) is 0.0260. The zero-order valence-corrected chi connectivity index (χ0v) is 36.3. The number of carboxylic acids is 2. The minimum atomic E-state index is -1.47. The summed E-state index contributed by atoms with van der Waals surface area (Å²) in [7, 11) is 3.86. The fourth-order valence-corrected chi connectivity index (χ4v) is 10.2. The van der Waals surface area contributed by atoms with Gasteiger partial charge in [-0.25, -0.2) is 24.4 Å². The van der Waals surface area contributed by atoms with Crippen molar-refractivity contribution >= 4 is 85.8 Å². The van der Waals surface area contributed by atoms with Crippen LogP contribution in [0.5, 0.6) is 0 Å². The number of benzene rings is 1. The molecule has 4 aliphatic rings. The van der Waals surface area contributed by atoms with Crippen molar-refractivity contribution in [2.45, 2.75) is 56.2 Å². The molecule has 65 heavy (non-hydrogen) atoms. The Bertz CT molecular complexity index is 2590. The molecule has 1 aromatic carbocycles. The standard InChI is InChI=1S/C39H44N12O12S2/c1-16-26(30(54)25-20(14-63-38(41)61)39(62-2)31-22(47-31)13-51(39)28(25)29(16)53)42-9-10-64-65-15-23(36(59)60)46-24(52)8-7-21(35(57)58)48-33(55)17-3-5-18(6-4-17)43-11-19-12-44-32-27(45-19)34(56)50-37(40)49-32/h3-6,12,20-23,31,42-43,47H,7-11,13-15H2,1-2H3,(H2,41,61)(H,46,52)(H,48,55)(H,57,58)(H,59,60)(H3,40,44,49,50,56)/t20-,21-,22+,23-,31+,39-/m1/s1. The van der Waals surface area contributed by atoms with E-state index >= 15 is 0 Å².